The maximum Gasteiger partial charge on any atom is 0.221 e. The fraction of sp³-hybridized carbons (Fsp3) is 0.400. The minimum absolute atomic E-state index is 0.134. The molecule has 1 aromatic carbocycles. The Hall–Kier alpha value is -1.08. The van der Waals surface area contributed by atoms with Crippen LogP contribution >= 0.6 is 22.6 Å². The normalized spacial score (nSPS) is 12.4. The van der Waals surface area contributed by atoms with Crippen LogP contribution in [0.4, 0.5) is 0 Å². The average Bonchev–Trinajstić information content (AvgIpc) is 2.68. The molecule has 0 saturated heterocycles. The van der Waals surface area contributed by atoms with Gasteiger partial charge in [-0.05, 0) is 54.5 Å². The summed E-state index contributed by atoms with van der Waals surface area (Å²) in [6, 6.07) is 8.09. The third-order valence-corrected chi connectivity index (χ3v) is 4.21. The summed E-state index contributed by atoms with van der Waals surface area (Å²) in [6.07, 6.45) is 1.73. The Morgan fingerprint density at radius 2 is 2.10 bits per heavy atom. The lowest BCUT2D eigenvalue weighted by atomic mass is 10.1. The molecule has 1 heterocycles. The van der Waals surface area contributed by atoms with Gasteiger partial charge in [0.2, 0.25) is 5.88 Å². The highest BCUT2D eigenvalue weighted by Gasteiger charge is 2.18. The molecule has 0 fully saturated rings. The number of para-hydroxylation sites is 1. The van der Waals surface area contributed by atoms with Gasteiger partial charge in [0.05, 0.1) is 9.26 Å². The molecule has 1 unspecified atom stereocenters. The van der Waals surface area contributed by atoms with Crippen LogP contribution in [0.5, 0.6) is 11.6 Å². The van der Waals surface area contributed by atoms with Crippen molar-refractivity contribution < 1.29 is 4.74 Å². The van der Waals surface area contributed by atoms with E-state index in [-0.39, 0.29) is 6.04 Å². The molecule has 0 spiro atoms. The van der Waals surface area contributed by atoms with Gasteiger partial charge in [0, 0.05) is 18.7 Å². The Bertz CT molecular complexity index is 595. The Labute approximate surface area is 133 Å². The smallest absolute Gasteiger partial charge is 0.221 e. The first-order valence-electron chi connectivity index (χ1n) is 6.73. The highest BCUT2D eigenvalue weighted by Crippen LogP contribution is 2.30. The third kappa shape index (κ3) is 3.32. The van der Waals surface area contributed by atoms with E-state index in [2.05, 4.69) is 34.6 Å². The van der Waals surface area contributed by atoms with Gasteiger partial charge in [-0.2, -0.15) is 5.10 Å². The van der Waals surface area contributed by atoms with Crippen molar-refractivity contribution in [1.29, 1.82) is 0 Å². The number of aromatic nitrogens is 2. The number of nitrogens with two attached hydrogens (primary N) is 1. The molecule has 0 aliphatic carbocycles. The van der Waals surface area contributed by atoms with Crippen LogP contribution in [-0.4, -0.2) is 15.8 Å². The standard InChI is InChI=1S/C15H20IN3O/c1-4-11(17)9-12-10(2)18-19(3)15(12)20-14-8-6-5-7-13(14)16/h5-8,11H,4,9,17H2,1-3H3. The van der Waals surface area contributed by atoms with Crippen molar-refractivity contribution in [1.82, 2.24) is 9.78 Å². The fourth-order valence-electron chi connectivity index (χ4n) is 2.08. The van der Waals surface area contributed by atoms with Gasteiger partial charge in [-0.1, -0.05) is 19.1 Å². The lowest BCUT2D eigenvalue weighted by Crippen LogP contribution is -2.21. The van der Waals surface area contributed by atoms with Crippen LogP contribution in [0.1, 0.15) is 24.6 Å². The SMILES string of the molecule is CCC(N)Cc1c(C)nn(C)c1Oc1ccccc1I. The van der Waals surface area contributed by atoms with Crippen molar-refractivity contribution in [3.05, 3.63) is 39.1 Å². The van der Waals surface area contributed by atoms with Crippen LogP contribution in [0.15, 0.2) is 24.3 Å². The number of hydrogen-bond donors (Lipinski definition) is 1. The number of hydrogen-bond acceptors (Lipinski definition) is 3. The monoisotopic (exact) mass is 385 g/mol. The van der Waals surface area contributed by atoms with Crippen molar-refractivity contribution in [3.63, 3.8) is 0 Å². The highest BCUT2D eigenvalue weighted by atomic mass is 127. The van der Waals surface area contributed by atoms with E-state index in [1.165, 1.54) is 0 Å². The summed E-state index contributed by atoms with van der Waals surface area (Å²) >= 11 is 2.27. The second-order valence-electron chi connectivity index (χ2n) is 4.90. The van der Waals surface area contributed by atoms with Crippen LogP contribution in [0.3, 0.4) is 0 Å². The first kappa shape index (κ1) is 15.3. The molecule has 0 amide bonds. The summed E-state index contributed by atoms with van der Waals surface area (Å²) in [5, 5.41) is 4.46. The Morgan fingerprint density at radius 3 is 2.75 bits per heavy atom. The molecule has 1 atom stereocenters. The summed E-state index contributed by atoms with van der Waals surface area (Å²) in [7, 11) is 1.90. The molecule has 0 saturated carbocycles. The maximum absolute atomic E-state index is 6.08. The first-order valence-corrected chi connectivity index (χ1v) is 7.81. The Balaban J connectivity index is 2.34. The summed E-state index contributed by atoms with van der Waals surface area (Å²) in [5.74, 6) is 1.64. The first-order chi connectivity index (χ1) is 9.52. The number of nitrogens with zero attached hydrogens (tertiary/aromatic N) is 2. The Kier molecular flexibility index (Phi) is 5.04. The second-order valence-corrected chi connectivity index (χ2v) is 6.06. The summed E-state index contributed by atoms with van der Waals surface area (Å²) in [5.41, 5.74) is 8.16. The predicted octanol–water partition coefficient (Wildman–Crippen LogP) is 3.41. The molecule has 0 radical (unpaired) electrons. The van der Waals surface area contributed by atoms with Gasteiger partial charge in [0.15, 0.2) is 0 Å². The number of halogens is 1. The van der Waals surface area contributed by atoms with Gasteiger partial charge in [0.1, 0.15) is 5.75 Å². The van der Waals surface area contributed by atoms with Gasteiger partial charge >= 0.3 is 0 Å². The zero-order valence-electron chi connectivity index (χ0n) is 12.1. The molecule has 0 bridgehead atoms. The fourth-order valence-corrected chi connectivity index (χ4v) is 2.58. The van der Waals surface area contributed by atoms with Gasteiger partial charge < -0.3 is 10.5 Å². The van der Waals surface area contributed by atoms with E-state index in [1.54, 1.807) is 4.68 Å². The van der Waals surface area contributed by atoms with Crippen molar-refractivity contribution in [2.75, 3.05) is 0 Å². The Morgan fingerprint density at radius 1 is 1.40 bits per heavy atom. The molecular weight excluding hydrogens is 365 g/mol. The van der Waals surface area contributed by atoms with E-state index in [1.807, 2.05) is 38.2 Å². The molecule has 4 nitrogen and oxygen atoms in total. The van der Waals surface area contributed by atoms with E-state index in [4.69, 9.17) is 10.5 Å². The van der Waals surface area contributed by atoms with Crippen LogP contribution in [0, 0.1) is 10.5 Å². The lowest BCUT2D eigenvalue weighted by Gasteiger charge is -2.12. The van der Waals surface area contributed by atoms with Crippen molar-refractivity contribution in [2.45, 2.75) is 32.7 Å². The molecular formula is C15H20IN3O. The second kappa shape index (κ2) is 6.58. The molecule has 0 aliphatic heterocycles. The average molecular weight is 385 g/mol. The van der Waals surface area contributed by atoms with Crippen LogP contribution < -0.4 is 10.5 Å². The van der Waals surface area contributed by atoms with Crippen LogP contribution in [-0.2, 0) is 13.5 Å². The minimum atomic E-state index is 0.134. The molecule has 2 N–H and O–H groups in total. The number of ether oxygens (including phenoxy) is 1. The predicted molar refractivity (Wildman–Crippen MR) is 89.1 cm³/mol. The zero-order valence-corrected chi connectivity index (χ0v) is 14.2. The molecule has 5 heteroatoms. The summed E-state index contributed by atoms with van der Waals surface area (Å²) < 4.78 is 8.94. The molecule has 2 aromatic rings. The molecule has 108 valence electrons. The van der Waals surface area contributed by atoms with Crippen molar-refractivity contribution in [2.24, 2.45) is 12.8 Å². The van der Waals surface area contributed by atoms with E-state index >= 15 is 0 Å². The number of aryl methyl sites for hydroxylation is 2. The minimum Gasteiger partial charge on any atom is -0.438 e. The highest BCUT2D eigenvalue weighted by molar-refractivity contribution is 14.1. The number of rotatable bonds is 5. The van der Waals surface area contributed by atoms with Crippen molar-refractivity contribution in [3.8, 4) is 11.6 Å². The van der Waals surface area contributed by atoms with Crippen molar-refractivity contribution >= 4 is 22.6 Å². The van der Waals surface area contributed by atoms with Crippen LogP contribution in [0.25, 0.3) is 0 Å². The summed E-state index contributed by atoms with van der Waals surface area (Å²) in [4.78, 5) is 0. The van der Waals surface area contributed by atoms with Gasteiger partial charge in [-0.3, -0.25) is 0 Å². The van der Waals surface area contributed by atoms with Gasteiger partial charge in [-0.15, -0.1) is 0 Å². The topological polar surface area (TPSA) is 53.1 Å². The van der Waals surface area contributed by atoms with E-state index in [0.29, 0.717) is 0 Å². The quantitative estimate of drug-likeness (QED) is 0.803. The van der Waals surface area contributed by atoms with E-state index in [9.17, 15) is 0 Å². The largest absolute Gasteiger partial charge is 0.438 e. The third-order valence-electron chi connectivity index (χ3n) is 3.32. The molecule has 2 rings (SSSR count). The van der Waals surface area contributed by atoms with Crippen LogP contribution in [0.2, 0.25) is 0 Å². The number of benzene rings is 1. The molecule has 20 heavy (non-hydrogen) atoms. The maximum atomic E-state index is 6.08. The molecule has 0 aliphatic rings. The zero-order chi connectivity index (χ0) is 14.7. The molecule has 1 aromatic heterocycles. The summed E-state index contributed by atoms with van der Waals surface area (Å²) in [6.45, 7) is 4.09. The lowest BCUT2D eigenvalue weighted by molar-refractivity contribution is 0.421. The van der Waals surface area contributed by atoms with Gasteiger partial charge in [-0.25, -0.2) is 4.68 Å². The van der Waals surface area contributed by atoms with E-state index in [0.717, 1.165) is 39.3 Å². The van der Waals surface area contributed by atoms with E-state index < -0.39 is 0 Å². The van der Waals surface area contributed by atoms with Gasteiger partial charge in [0.25, 0.3) is 0 Å².